The third-order valence-electron chi connectivity index (χ3n) is 6.40. The van der Waals surface area contributed by atoms with Gasteiger partial charge in [-0.2, -0.15) is 0 Å². The zero-order valence-electron chi connectivity index (χ0n) is 19.8. The molecule has 0 N–H and O–H groups in total. The molecule has 0 atom stereocenters. The van der Waals surface area contributed by atoms with Gasteiger partial charge in [0.1, 0.15) is 0 Å². The van der Waals surface area contributed by atoms with Crippen LogP contribution in [-0.2, 0) is 39.9 Å². The van der Waals surface area contributed by atoms with Crippen LogP contribution in [0, 0.1) is 0 Å². The van der Waals surface area contributed by atoms with Gasteiger partial charge in [-0.1, -0.05) is 0 Å². The van der Waals surface area contributed by atoms with Crippen molar-refractivity contribution in [2.75, 3.05) is 6.61 Å². The van der Waals surface area contributed by atoms with Gasteiger partial charge in [-0.15, -0.1) is 0 Å². The molecule has 0 aliphatic heterocycles. The minimum absolute atomic E-state index is 0.0399. The van der Waals surface area contributed by atoms with Crippen molar-refractivity contribution >= 4 is 0 Å². The van der Waals surface area contributed by atoms with Crippen molar-refractivity contribution in [2.24, 2.45) is 0 Å². The molecule has 4 aromatic carbocycles. The van der Waals surface area contributed by atoms with E-state index in [1.165, 1.54) is 22.3 Å². The van der Waals surface area contributed by atoms with Crippen molar-refractivity contribution in [1.29, 1.82) is 0 Å². The van der Waals surface area contributed by atoms with Crippen molar-refractivity contribution in [3.63, 3.8) is 0 Å². The van der Waals surface area contributed by atoms with Crippen LogP contribution in [0.25, 0.3) is 0 Å². The maximum atomic E-state index is 7.25. The summed E-state index contributed by atoms with van der Waals surface area (Å²) in [5.74, 6) is 0. The van der Waals surface area contributed by atoms with E-state index in [-0.39, 0.29) is 5.41 Å². The Labute approximate surface area is 203 Å². The summed E-state index contributed by atoms with van der Waals surface area (Å²) in [6.07, 6.45) is 0. The van der Waals surface area contributed by atoms with Gasteiger partial charge in [0.15, 0.2) is 0 Å². The molecule has 4 aromatic rings. The molecule has 0 saturated carbocycles. The third kappa shape index (κ3) is 6.77. The molecular weight excluding hydrogens is 436 g/mol. The van der Waals surface area contributed by atoms with Gasteiger partial charge in [0.05, 0.1) is 0 Å². The number of hydrogen-bond donors (Lipinski definition) is 0. The monoisotopic (exact) mass is 470 g/mol. The quantitative estimate of drug-likeness (QED) is 0.216. The summed E-state index contributed by atoms with van der Waals surface area (Å²) in [6.45, 7) is 5.36. The van der Waals surface area contributed by atoms with Gasteiger partial charge in [0.25, 0.3) is 0 Å². The van der Waals surface area contributed by atoms with E-state index in [0.717, 1.165) is 20.8 Å². The van der Waals surface area contributed by atoms with E-state index in [2.05, 4.69) is 135 Å². The van der Waals surface area contributed by atoms with E-state index in [0.29, 0.717) is 0 Å². The van der Waals surface area contributed by atoms with Crippen LogP contribution < -0.4 is 0 Å². The zero-order valence-corrected chi connectivity index (χ0v) is 21.3. The molecular formula is C31H34OTi. The Bertz CT molecular complexity index is 991. The Hall–Kier alpha value is -2.45. The summed E-state index contributed by atoms with van der Waals surface area (Å²) in [7, 11) is 0. The fourth-order valence-corrected chi connectivity index (χ4v) is 11.2. The molecule has 1 nitrogen and oxygen atoms in total. The minimum atomic E-state index is -2.93. The predicted molar refractivity (Wildman–Crippen MR) is 136 cm³/mol. The second-order valence-corrected chi connectivity index (χ2v) is 15.5. The summed E-state index contributed by atoms with van der Waals surface area (Å²) in [5, 5.41) is 0. The summed E-state index contributed by atoms with van der Waals surface area (Å²) in [5.41, 5.74) is 5.47. The van der Waals surface area contributed by atoms with E-state index in [1.54, 1.807) is 0 Å². The molecule has 0 bridgehead atoms. The summed E-state index contributed by atoms with van der Waals surface area (Å²) in [4.78, 5) is 0. The Morgan fingerprint density at radius 3 is 1.21 bits per heavy atom. The molecule has 0 amide bonds. The summed E-state index contributed by atoms with van der Waals surface area (Å²) >= 11 is -2.93. The van der Waals surface area contributed by atoms with E-state index in [4.69, 9.17) is 3.32 Å². The molecule has 0 aliphatic carbocycles. The van der Waals surface area contributed by atoms with Crippen molar-refractivity contribution < 1.29 is 20.3 Å². The van der Waals surface area contributed by atoms with Crippen LogP contribution in [0.2, 0.25) is 0 Å². The van der Waals surface area contributed by atoms with E-state index in [9.17, 15) is 0 Å². The molecule has 0 unspecified atom stereocenters. The predicted octanol–water partition coefficient (Wildman–Crippen LogP) is 7.65. The fraction of sp³-hybridized carbons (Fsp3) is 0.226. The van der Waals surface area contributed by atoms with Gasteiger partial charge in [-0.05, 0) is 0 Å². The van der Waals surface area contributed by atoms with E-state index >= 15 is 0 Å². The van der Waals surface area contributed by atoms with E-state index in [1.807, 2.05) is 0 Å². The second kappa shape index (κ2) is 11.1. The second-order valence-electron chi connectivity index (χ2n) is 9.71. The van der Waals surface area contributed by atoms with Crippen molar-refractivity contribution in [1.82, 2.24) is 0 Å². The van der Waals surface area contributed by atoms with Crippen LogP contribution in [0.3, 0.4) is 0 Å². The number of rotatable bonds is 10. The van der Waals surface area contributed by atoms with Crippen LogP contribution in [0.5, 0.6) is 0 Å². The van der Waals surface area contributed by atoms with Crippen LogP contribution in [0.1, 0.15) is 36.1 Å². The van der Waals surface area contributed by atoms with Gasteiger partial charge < -0.3 is 0 Å². The Kier molecular flexibility index (Phi) is 7.99. The molecule has 2 heteroatoms. The summed E-state index contributed by atoms with van der Waals surface area (Å²) in [6, 6.07) is 43.6. The molecule has 0 radical (unpaired) electrons. The average Bonchev–Trinajstić information content (AvgIpc) is 2.85. The van der Waals surface area contributed by atoms with Crippen LogP contribution in [-0.4, -0.2) is 6.61 Å². The molecule has 33 heavy (non-hydrogen) atoms. The van der Waals surface area contributed by atoms with E-state index < -0.39 is 17.0 Å². The van der Waals surface area contributed by atoms with Crippen LogP contribution >= 0.6 is 0 Å². The maximum absolute atomic E-state index is 7.25. The molecule has 0 saturated heterocycles. The van der Waals surface area contributed by atoms with Gasteiger partial charge in [0.2, 0.25) is 0 Å². The first-order valence-corrected chi connectivity index (χ1v) is 15.8. The van der Waals surface area contributed by atoms with Crippen LogP contribution in [0.4, 0.5) is 0 Å². The Morgan fingerprint density at radius 1 is 0.515 bits per heavy atom. The normalized spacial score (nSPS) is 11.9. The van der Waals surface area contributed by atoms with Crippen LogP contribution in [0.15, 0.2) is 121 Å². The van der Waals surface area contributed by atoms with Gasteiger partial charge in [-0.25, -0.2) is 0 Å². The average molecular weight is 470 g/mol. The Morgan fingerprint density at radius 2 is 0.848 bits per heavy atom. The van der Waals surface area contributed by atoms with Crippen molar-refractivity contribution in [3.05, 3.63) is 144 Å². The van der Waals surface area contributed by atoms with Crippen molar-refractivity contribution in [2.45, 2.75) is 33.4 Å². The van der Waals surface area contributed by atoms with Gasteiger partial charge >= 0.3 is 204 Å². The number of benzene rings is 4. The Balaban J connectivity index is 1.70. The zero-order chi connectivity index (χ0) is 23.0. The molecule has 0 spiro atoms. The first kappa shape index (κ1) is 23.7. The van der Waals surface area contributed by atoms with Gasteiger partial charge in [0, 0.05) is 0 Å². The molecule has 0 aromatic heterocycles. The SMILES string of the molecule is CC(C)(C[O][Ti]([CH2]c1ccccc1)([CH2]c1ccccc1)[CH2]c1ccccc1)c1ccccc1. The standard InChI is InChI=1S/C10H13O.3C7H7.Ti/c1-10(2,8-11)9-6-4-3-5-7-9;3*1-7-5-3-2-4-6-7;/h3-7H,8H2,1-2H3;3*2-6H,1H2;/q-1;;;;+1. The molecule has 0 fully saturated rings. The molecule has 0 heterocycles. The van der Waals surface area contributed by atoms with Crippen molar-refractivity contribution in [3.8, 4) is 0 Å². The van der Waals surface area contributed by atoms with Gasteiger partial charge in [-0.3, -0.25) is 0 Å². The number of hydrogen-bond acceptors (Lipinski definition) is 1. The molecule has 4 rings (SSSR count). The fourth-order valence-electron chi connectivity index (χ4n) is 4.55. The topological polar surface area (TPSA) is 9.23 Å². The first-order chi connectivity index (χ1) is 16.0. The summed E-state index contributed by atoms with van der Waals surface area (Å²) < 4.78 is 10.4. The first-order valence-electron chi connectivity index (χ1n) is 11.9. The molecule has 168 valence electrons. The third-order valence-corrected chi connectivity index (χ3v) is 12.5. The molecule has 0 aliphatic rings.